The molecule has 0 aliphatic heterocycles. The number of sulfonamides is 1. The van der Waals surface area contributed by atoms with Crippen molar-refractivity contribution in [1.82, 2.24) is 0 Å². The van der Waals surface area contributed by atoms with Crippen LogP contribution in [-0.2, 0) is 14.8 Å². The Labute approximate surface area is 119 Å². The first-order valence-electron chi connectivity index (χ1n) is 5.43. The maximum Gasteiger partial charge on any atom is 0.274 e. The Morgan fingerprint density at radius 1 is 1.43 bits per heavy atom. The number of carbonyl (C=O) groups excluding carboxylic acids is 1. The van der Waals surface area contributed by atoms with Crippen molar-refractivity contribution in [3.63, 3.8) is 0 Å². The minimum atomic E-state index is -4.31. The van der Waals surface area contributed by atoms with Crippen LogP contribution in [0.1, 0.15) is 6.92 Å². The first kappa shape index (κ1) is 16.7. The van der Waals surface area contributed by atoms with Crippen LogP contribution in [0, 0.1) is 10.1 Å². The molecule has 1 rings (SSSR count). The Balaban J connectivity index is 3.57. The second-order valence-electron chi connectivity index (χ2n) is 3.94. The Morgan fingerprint density at radius 3 is 2.38 bits per heavy atom. The van der Waals surface area contributed by atoms with E-state index in [4.69, 9.17) is 20.3 Å². The van der Waals surface area contributed by atoms with Gasteiger partial charge in [0.05, 0.1) is 18.1 Å². The summed E-state index contributed by atoms with van der Waals surface area (Å²) in [6.45, 7) is 1.29. The second-order valence-corrected chi connectivity index (χ2v) is 5.47. The average Bonchev–Trinajstić information content (AvgIpc) is 2.36. The summed E-state index contributed by atoms with van der Waals surface area (Å²) in [6, 6.07) is 1.64. The van der Waals surface area contributed by atoms with E-state index in [1.54, 1.807) is 0 Å². The SMILES string of the molecule is COc1c(OC(C)C(N)=O)cc([N+](=O)[O-])cc1S(N)(=O)=O. The summed E-state index contributed by atoms with van der Waals surface area (Å²) >= 11 is 0. The summed E-state index contributed by atoms with van der Waals surface area (Å²) in [5.74, 6) is -1.53. The van der Waals surface area contributed by atoms with Crippen LogP contribution in [0.2, 0.25) is 0 Å². The maximum atomic E-state index is 11.5. The number of hydrogen-bond acceptors (Lipinski definition) is 7. The zero-order valence-electron chi connectivity index (χ0n) is 11.1. The van der Waals surface area contributed by atoms with E-state index in [-0.39, 0.29) is 11.5 Å². The van der Waals surface area contributed by atoms with E-state index >= 15 is 0 Å². The molecule has 0 bridgehead atoms. The van der Waals surface area contributed by atoms with Crippen molar-refractivity contribution in [1.29, 1.82) is 0 Å². The quantitative estimate of drug-likeness (QED) is 0.527. The van der Waals surface area contributed by atoms with E-state index in [1.165, 1.54) is 6.92 Å². The van der Waals surface area contributed by atoms with Crippen molar-refractivity contribution in [2.75, 3.05) is 7.11 Å². The number of methoxy groups -OCH3 is 1. The number of amides is 1. The number of hydrogen-bond donors (Lipinski definition) is 2. The highest BCUT2D eigenvalue weighted by molar-refractivity contribution is 7.89. The predicted octanol–water partition coefficient (Wildman–Crippen LogP) is -0.497. The molecular formula is C10H13N3O7S. The lowest BCUT2D eigenvalue weighted by Crippen LogP contribution is -2.31. The van der Waals surface area contributed by atoms with Crippen LogP contribution in [0.25, 0.3) is 0 Å². The van der Waals surface area contributed by atoms with E-state index in [0.717, 1.165) is 19.2 Å². The molecular weight excluding hydrogens is 306 g/mol. The predicted molar refractivity (Wildman–Crippen MR) is 70.3 cm³/mol. The summed E-state index contributed by atoms with van der Waals surface area (Å²) in [5, 5.41) is 15.8. The first-order chi connectivity index (χ1) is 9.57. The number of nitrogens with zero attached hydrogens (tertiary/aromatic N) is 1. The molecule has 1 aromatic rings. The molecule has 0 fully saturated rings. The molecule has 0 saturated carbocycles. The number of non-ortho nitro benzene ring substituents is 1. The minimum Gasteiger partial charge on any atom is -0.492 e. The molecule has 0 heterocycles. The maximum absolute atomic E-state index is 11.5. The molecule has 116 valence electrons. The summed E-state index contributed by atoms with van der Waals surface area (Å²) in [4.78, 5) is 20.3. The minimum absolute atomic E-state index is 0.331. The van der Waals surface area contributed by atoms with E-state index in [1.807, 2.05) is 0 Å². The van der Waals surface area contributed by atoms with Gasteiger partial charge >= 0.3 is 0 Å². The molecule has 1 unspecified atom stereocenters. The van der Waals surface area contributed by atoms with Gasteiger partial charge in [-0.3, -0.25) is 14.9 Å². The zero-order chi connectivity index (χ0) is 16.4. The monoisotopic (exact) mass is 319 g/mol. The van der Waals surface area contributed by atoms with Gasteiger partial charge in [0.25, 0.3) is 11.6 Å². The Bertz CT molecular complexity index is 686. The molecule has 11 heteroatoms. The summed E-state index contributed by atoms with van der Waals surface area (Å²) in [7, 11) is -3.18. The third-order valence-corrected chi connectivity index (χ3v) is 3.35. The smallest absolute Gasteiger partial charge is 0.274 e. The summed E-state index contributed by atoms with van der Waals surface area (Å²) in [5.41, 5.74) is 4.42. The molecule has 0 saturated heterocycles. The molecule has 0 aliphatic rings. The third-order valence-electron chi connectivity index (χ3n) is 2.43. The van der Waals surface area contributed by atoms with Crippen LogP contribution in [0.3, 0.4) is 0 Å². The highest BCUT2D eigenvalue weighted by Crippen LogP contribution is 2.38. The van der Waals surface area contributed by atoms with E-state index in [2.05, 4.69) is 0 Å². The van der Waals surface area contributed by atoms with Gasteiger partial charge < -0.3 is 15.2 Å². The van der Waals surface area contributed by atoms with Gasteiger partial charge in [0.15, 0.2) is 17.6 Å². The molecule has 10 nitrogen and oxygen atoms in total. The van der Waals surface area contributed by atoms with E-state index < -0.39 is 37.5 Å². The Morgan fingerprint density at radius 2 is 2.00 bits per heavy atom. The van der Waals surface area contributed by atoms with Crippen molar-refractivity contribution in [3.8, 4) is 11.5 Å². The van der Waals surface area contributed by atoms with Crippen molar-refractivity contribution >= 4 is 21.6 Å². The second kappa shape index (κ2) is 5.93. The van der Waals surface area contributed by atoms with Gasteiger partial charge in [0.2, 0.25) is 10.0 Å². The fourth-order valence-corrected chi connectivity index (χ4v) is 2.14. The Hall–Kier alpha value is -2.40. The van der Waals surface area contributed by atoms with Crippen molar-refractivity contribution < 1.29 is 27.6 Å². The lowest BCUT2D eigenvalue weighted by molar-refractivity contribution is -0.385. The lowest BCUT2D eigenvalue weighted by atomic mass is 10.2. The number of benzene rings is 1. The highest BCUT2D eigenvalue weighted by Gasteiger charge is 2.26. The number of nitro groups is 1. The molecule has 1 amide bonds. The number of ether oxygens (including phenoxy) is 2. The summed E-state index contributed by atoms with van der Waals surface area (Å²) < 4.78 is 32.9. The van der Waals surface area contributed by atoms with E-state index in [9.17, 15) is 23.3 Å². The van der Waals surface area contributed by atoms with Crippen LogP contribution >= 0.6 is 0 Å². The van der Waals surface area contributed by atoms with Crippen molar-refractivity contribution in [2.24, 2.45) is 10.9 Å². The number of primary sulfonamides is 1. The third kappa shape index (κ3) is 3.79. The molecule has 1 aromatic carbocycles. The normalized spacial score (nSPS) is 12.5. The van der Waals surface area contributed by atoms with Gasteiger partial charge in [-0.2, -0.15) is 0 Å². The fourth-order valence-electron chi connectivity index (χ4n) is 1.42. The average molecular weight is 319 g/mol. The lowest BCUT2D eigenvalue weighted by Gasteiger charge is -2.16. The molecule has 21 heavy (non-hydrogen) atoms. The fraction of sp³-hybridized carbons (Fsp3) is 0.300. The van der Waals surface area contributed by atoms with Gasteiger partial charge in [-0.1, -0.05) is 0 Å². The number of primary amides is 1. The number of rotatable bonds is 6. The van der Waals surface area contributed by atoms with Gasteiger partial charge in [-0.25, -0.2) is 13.6 Å². The highest BCUT2D eigenvalue weighted by atomic mass is 32.2. The topological polar surface area (TPSA) is 165 Å². The zero-order valence-corrected chi connectivity index (χ0v) is 11.9. The van der Waals surface area contributed by atoms with Gasteiger partial charge in [-0.05, 0) is 6.92 Å². The largest absolute Gasteiger partial charge is 0.492 e. The van der Waals surface area contributed by atoms with Crippen molar-refractivity contribution in [2.45, 2.75) is 17.9 Å². The van der Waals surface area contributed by atoms with Crippen molar-refractivity contribution in [3.05, 3.63) is 22.2 Å². The van der Waals surface area contributed by atoms with Crippen LogP contribution in [0.15, 0.2) is 17.0 Å². The number of nitrogens with two attached hydrogens (primary N) is 2. The molecule has 0 spiro atoms. The molecule has 4 N–H and O–H groups in total. The number of nitro benzene ring substituents is 1. The molecule has 0 aliphatic carbocycles. The van der Waals surface area contributed by atoms with Crippen LogP contribution in [-0.4, -0.2) is 32.5 Å². The summed E-state index contributed by atoms with van der Waals surface area (Å²) in [6.07, 6.45) is -1.16. The van der Waals surface area contributed by atoms with Gasteiger partial charge in [0.1, 0.15) is 4.90 Å². The Kier molecular flexibility index (Phi) is 4.70. The molecule has 0 radical (unpaired) electrons. The van der Waals surface area contributed by atoms with E-state index in [0.29, 0.717) is 0 Å². The van der Waals surface area contributed by atoms with Gasteiger partial charge in [-0.15, -0.1) is 0 Å². The van der Waals surface area contributed by atoms with Gasteiger partial charge in [0, 0.05) is 6.07 Å². The molecule has 1 atom stereocenters. The van der Waals surface area contributed by atoms with Crippen LogP contribution in [0.4, 0.5) is 5.69 Å². The first-order valence-corrected chi connectivity index (χ1v) is 6.97. The van der Waals surface area contributed by atoms with Crippen LogP contribution < -0.4 is 20.3 Å². The van der Waals surface area contributed by atoms with Crippen LogP contribution in [0.5, 0.6) is 11.5 Å². The standard InChI is InChI=1S/C10H13N3O7S/c1-5(10(11)14)20-7-3-6(13(15)16)4-8(9(7)19-2)21(12,17)18/h3-5H,1-2H3,(H2,11,14)(H2,12,17,18). The molecule has 0 aromatic heterocycles. The number of carbonyl (C=O) groups is 1.